The van der Waals surface area contributed by atoms with Crippen LogP contribution in [0.15, 0.2) is 48.5 Å². The Hall–Kier alpha value is -1.88. The van der Waals surface area contributed by atoms with E-state index in [-0.39, 0.29) is 0 Å². The minimum Gasteiger partial charge on any atom is -0.494 e. The molecule has 2 aromatic carbocycles. The lowest BCUT2D eigenvalue weighted by Gasteiger charge is -2.25. The van der Waals surface area contributed by atoms with E-state index >= 15 is 0 Å². The molecule has 3 rings (SSSR count). The van der Waals surface area contributed by atoms with Gasteiger partial charge in [-0.05, 0) is 92.9 Å². The number of hydrogen-bond donors (Lipinski definition) is 0. The molecule has 162 valence electrons. The monoisotopic (exact) mass is 424 g/mol. The first-order valence-corrected chi connectivity index (χ1v) is 14.0. The first-order chi connectivity index (χ1) is 14.6. The third kappa shape index (κ3) is 6.56. The molecule has 30 heavy (non-hydrogen) atoms. The fourth-order valence-electron chi connectivity index (χ4n) is 4.16. The minimum absolute atomic E-state index is 0.730. The summed E-state index contributed by atoms with van der Waals surface area (Å²) in [6.07, 6.45) is 7.94. The molecule has 0 saturated heterocycles. The van der Waals surface area contributed by atoms with Gasteiger partial charge in [-0.2, -0.15) is 0 Å². The Morgan fingerprint density at radius 2 is 1.60 bits per heavy atom. The molecule has 0 amide bonds. The van der Waals surface area contributed by atoms with E-state index in [9.17, 15) is 0 Å². The molecule has 0 radical (unpaired) electrons. The number of rotatable bonds is 11. The van der Waals surface area contributed by atoms with Gasteiger partial charge >= 0.3 is 8.56 Å². The molecule has 0 spiro atoms. The van der Waals surface area contributed by atoms with E-state index in [1.165, 1.54) is 28.7 Å². The average molecular weight is 425 g/mol. The lowest BCUT2D eigenvalue weighted by molar-refractivity contribution is 0.187. The molecular formula is C26H36O3Si. The molecular weight excluding hydrogens is 388 g/mol. The summed E-state index contributed by atoms with van der Waals surface area (Å²) in [5, 5.41) is 0. The highest BCUT2D eigenvalue weighted by Crippen LogP contribution is 2.30. The first-order valence-electron chi connectivity index (χ1n) is 11.4. The quantitative estimate of drug-likeness (QED) is 0.291. The van der Waals surface area contributed by atoms with Gasteiger partial charge in [-0.1, -0.05) is 42.5 Å². The zero-order valence-electron chi connectivity index (χ0n) is 18.8. The number of hydrogen-bond acceptors (Lipinski definition) is 3. The van der Waals surface area contributed by atoms with Crippen LogP contribution in [0.5, 0.6) is 5.75 Å². The number of allylic oxidation sites excluding steroid dienone is 1. The van der Waals surface area contributed by atoms with Gasteiger partial charge in [0.05, 0.1) is 6.61 Å². The van der Waals surface area contributed by atoms with Gasteiger partial charge in [-0.3, -0.25) is 0 Å². The van der Waals surface area contributed by atoms with Crippen LogP contribution in [0.2, 0.25) is 12.6 Å². The van der Waals surface area contributed by atoms with E-state index in [2.05, 4.69) is 61.2 Å². The zero-order valence-corrected chi connectivity index (χ0v) is 19.8. The second kappa shape index (κ2) is 11.5. The number of unbranched alkanes of at least 4 members (excludes halogenated alkanes) is 1. The van der Waals surface area contributed by atoms with Crippen LogP contribution in [0, 0.1) is 0 Å². The minimum atomic E-state index is -2.00. The molecule has 0 unspecified atom stereocenters. The molecule has 0 N–H and O–H groups in total. The van der Waals surface area contributed by atoms with Crippen molar-refractivity contribution in [3.8, 4) is 5.75 Å². The number of benzene rings is 2. The third-order valence-corrected chi connectivity index (χ3v) is 8.76. The number of ether oxygens (including phenoxy) is 1. The summed E-state index contributed by atoms with van der Waals surface area (Å²) >= 11 is 0. The molecule has 3 nitrogen and oxygen atoms in total. The Labute approximate surface area is 183 Å². The summed E-state index contributed by atoms with van der Waals surface area (Å²) in [7, 11) is -2.00. The van der Waals surface area contributed by atoms with Gasteiger partial charge in [-0.25, -0.2) is 0 Å². The van der Waals surface area contributed by atoms with E-state index in [1.807, 2.05) is 13.8 Å². The van der Waals surface area contributed by atoms with Crippen LogP contribution in [0.25, 0.3) is 11.6 Å². The molecule has 0 atom stereocenters. The number of fused-ring (bicyclic) bond motifs is 1. The first kappa shape index (κ1) is 22.8. The fraction of sp³-hybridized carbons (Fsp3) is 0.462. The molecule has 0 aromatic heterocycles. The highest BCUT2D eigenvalue weighted by Gasteiger charge is 2.29. The Morgan fingerprint density at radius 3 is 2.33 bits per heavy atom. The zero-order chi connectivity index (χ0) is 21.2. The normalized spacial score (nSPS) is 14.0. The van der Waals surface area contributed by atoms with Crippen molar-refractivity contribution < 1.29 is 13.6 Å². The van der Waals surface area contributed by atoms with Crippen LogP contribution < -0.4 is 4.74 Å². The second-order valence-corrected chi connectivity index (χ2v) is 11.4. The van der Waals surface area contributed by atoms with Crippen molar-refractivity contribution in [3.05, 3.63) is 65.2 Å². The Bertz CT molecular complexity index is 807. The molecule has 2 aromatic rings. The van der Waals surface area contributed by atoms with Crippen LogP contribution in [-0.2, 0) is 15.3 Å². The van der Waals surface area contributed by atoms with Gasteiger partial charge in [0.25, 0.3) is 0 Å². The Balaban J connectivity index is 1.49. The molecule has 1 aliphatic carbocycles. The van der Waals surface area contributed by atoms with E-state index in [1.54, 1.807) is 0 Å². The van der Waals surface area contributed by atoms with Crippen LogP contribution in [0.4, 0.5) is 0 Å². The van der Waals surface area contributed by atoms with Crippen molar-refractivity contribution in [2.24, 2.45) is 0 Å². The van der Waals surface area contributed by atoms with Crippen molar-refractivity contribution in [1.82, 2.24) is 0 Å². The predicted octanol–water partition coefficient (Wildman–Crippen LogP) is 6.87. The smallest absolute Gasteiger partial charge is 0.334 e. The van der Waals surface area contributed by atoms with Crippen molar-refractivity contribution >= 4 is 20.2 Å². The topological polar surface area (TPSA) is 27.7 Å². The van der Waals surface area contributed by atoms with E-state index in [0.29, 0.717) is 0 Å². The summed E-state index contributed by atoms with van der Waals surface area (Å²) in [6.45, 7) is 8.45. The summed E-state index contributed by atoms with van der Waals surface area (Å²) in [5.74, 6) is 0.947. The van der Waals surface area contributed by atoms with Crippen molar-refractivity contribution in [2.75, 3.05) is 19.8 Å². The Morgan fingerprint density at radius 1 is 0.867 bits per heavy atom. The van der Waals surface area contributed by atoms with Crippen molar-refractivity contribution in [1.29, 1.82) is 0 Å². The maximum Gasteiger partial charge on any atom is 0.334 e. The van der Waals surface area contributed by atoms with Crippen LogP contribution in [0.3, 0.4) is 0 Å². The van der Waals surface area contributed by atoms with Gasteiger partial charge in [0.2, 0.25) is 0 Å². The molecule has 0 heterocycles. The summed E-state index contributed by atoms with van der Waals surface area (Å²) < 4.78 is 17.8. The van der Waals surface area contributed by atoms with Gasteiger partial charge in [0.15, 0.2) is 0 Å². The van der Waals surface area contributed by atoms with E-state index in [0.717, 1.165) is 57.3 Å². The molecule has 4 heteroatoms. The van der Waals surface area contributed by atoms with Gasteiger partial charge < -0.3 is 13.6 Å². The van der Waals surface area contributed by atoms with Gasteiger partial charge in [-0.15, -0.1) is 0 Å². The largest absolute Gasteiger partial charge is 0.494 e. The third-order valence-electron chi connectivity index (χ3n) is 5.70. The lowest BCUT2D eigenvalue weighted by Crippen LogP contribution is -2.38. The van der Waals surface area contributed by atoms with E-state index in [4.69, 9.17) is 13.6 Å². The van der Waals surface area contributed by atoms with Gasteiger partial charge in [0.1, 0.15) is 5.75 Å². The van der Waals surface area contributed by atoms with Crippen molar-refractivity contribution in [2.45, 2.75) is 58.5 Å². The van der Waals surface area contributed by atoms with Crippen LogP contribution in [0.1, 0.15) is 56.2 Å². The fourth-order valence-corrected chi connectivity index (χ4v) is 6.65. The molecule has 0 saturated carbocycles. The maximum absolute atomic E-state index is 5.98. The summed E-state index contributed by atoms with van der Waals surface area (Å²) in [4.78, 5) is 0. The molecule has 0 aliphatic heterocycles. The maximum atomic E-state index is 5.98. The molecule has 0 bridgehead atoms. The summed E-state index contributed by atoms with van der Waals surface area (Å²) in [5.41, 5.74) is 5.54. The molecule has 1 aliphatic rings. The molecule has 0 fully saturated rings. The lowest BCUT2D eigenvalue weighted by atomic mass is 10.0. The second-order valence-electron chi connectivity index (χ2n) is 8.05. The highest BCUT2D eigenvalue weighted by molar-refractivity contribution is 6.66. The summed E-state index contributed by atoms with van der Waals surface area (Å²) in [6, 6.07) is 18.4. The standard InChI is InChI=1S/C26H36O3Si/c1-4-28-30(3,29-5-2)20-9-8-19-27-26-17-15-23(16-18-26)25-14-10-13-22-11-6-7-12-24(22)21-25/h6-7,11-12,15-18,21H,4-5,8-10,13-14,19-20H2,1-3H3. The number of aryl methyl sites for hydroxylation is 1. The van der Waals surface area contributed by atoms with Gasteiger partial charge in [0, 0.05) is 13.2 Å². The Kier molecular flexibility index (Phi) is 8.73. The average Bonchev–Trinajstić information content (AvgIpc) is 2.97. The highest BCUT2D eigenvalue weighted by atomic mass is 28.4. The predicted molar refractivity (Wildman–Crippen MR) is 128 cm³/mol. The van der Waals surface area contributed by atoms with Crippen LogP contribution >= 0.6 is 0 Å². The van der Waals surface area contributed by atoms with Crippen LogP contribution in [-0.4, -0.2) is 28.4 Å². The SMILES string of the molecule is CCO[Si](C)(CCCCOc1ccc(C2=Cc3ccccc3CCC2)cc1)OCC. The van der Waals surface area contributed by atoms with E-state index < -0.39 is 8.56 Å². The van der Waals surface area contributed by atoms with Crippen molar-refractivity contribution in [3.63, 3.8) is 0 Å².